The summed E-state index contributed by atoms with van der Waals surface area (Å²) in [6.07, 6.45) is 6.15. The highest BCUT2D eigenvalue weighted by Crippen LogP contribution is 2.35. The van der Waals surface area contributed by atoms with E-state index >= 15 is 0 Å². The minimum absolute atomic E-state index is 0.378. The molecule has 0 N–H and O–H groups in total. The van der Waals surface area contributed by atoms with Crippen LogP contribution in [0, 0.1) is 0 Å². The van der Waals surface area contributed by atoms with Gasteiger partial charge in [-0.2, -0.15) is 0 Å². The predicted octanol–water partition coefficient (Wildman–Crippen LogP) is 5.63. The zero-order valence-corrected chi connectivity index (χ0v) is 15.1. The number of hydrogen-bond acceptors (Lipinski definition) is 2. The number of benzene rings is 1. The summed E-state index contributed by atoms with van der Waals surface area (Å²) in [5, 5.41) is 0. The van der Waals surface area contributed by atoms with Crippen molar-refractivity contribution < 1.29 is 9.47 Å². The maximum Gasteiger partial charge on any atom is 0.133 e. The van der Waals surface area contributed by atoms with Crippen LogP contribution in [0.2, 0.25) is 0 Å². The molecule has 0 saturated carbocycles. The van der Waals surface area contributed by atoms with Crippen molar-refractivity contribution in [2.75, 3.05) is 13.2 Å². The van der Waals surface area contributed by atoms with Crippen molar-refractivity contribution in [2.24, 2.45) is 0 Å². The predicted molar refractivity (Wildman–Crippen MR) is 89.8 cm³/mol. The molecule has 0 spiro atoms. The van der Waals surface area contributed by atoms with Crippen molar-refractivity contribution in [3.8, 4) is 5.75 Å². The highest BCUT2D eigenvalue weighted by atomic mass is 79.9. The molecule has 2 atom stereocenters. The fourth-order valence-electron chi connectivity index (χ4n) is 2.41. The van der Waals surface area contributed by atoms with E-state index in [9.17, 15) is 0 Å². The molecule has 20 heavy (non-hydrogen) atoms. The van der Waals surface area contributed by atoms with Crippen molar-refractivity contribution in [1.82, 2.24) is 0 Å². The van der Waals surface area contributed by atoms with Crippen LogP contribution in [0.25, 0.3) is 0 Å². The Morgan fingerprint density at radius 1 is 1.45 bits per heavy atom. The second-order valence-corrected chi connectivity index (χ2v) is 7.18. The lowest BCUT2D eigenvalue weighted by atomic mass is 10.0. The third-order valence-corrected chi connectivity index (χ3v) is 5.15. The summed E-state index contributed by atoms with van der Waals surface area (Å²) in [5.74, 6) is 0.925. The van der Waals surface area contributed by atoms with E-state index in [0.29, 0.717) is 10.9 Å². The van der Waals surface area contributed by atoms with Crippen LogP contribution < -0.4 is 4.74 Å². The molecule has 112 valence electrons. The van der Waals surface area contributed by atoms with E-state index < -0.39 is 0 Å². The minimum Gasteiger partial charge on any atom is -0.492 e. The first-order valence-electron chi connectivity index (χ1n) is 7.38. The molecule has 1 aliphatic heterocycles. The Hall–Kier alpha value is -0.0600. The van der Waals surface area contributed by atoms with Gasteiger partial charge in [0.2, 0.25) is 0 Å². The molecule has 1 heterocycles. The van der Waals surface area contributed by atoms with Crippen molar-refractivity contribution in [1.29, 1.82) is 0 Å². The van der Waals surface area contributed by atoms with Gasteiger partial charge in [-0.15, -0.1) is 0 Å². The van der Waals surface area contributed by atoms with E-state index in [0.717, 1.165) is 42.7 Å². The van der Waals surface area contributed by atoms with Gasteiger partial charge in [0.25, 0.3) is 0 Å². The second kappa shape index (κ2) is 8.40. The zero-order valence-electron chi connectivity index (χ0n) is 11.9. The average Bonchev–Trinajstić information content (AvgIpc) is 2.96. The lowest BCUT2D eigenvalue weighted by Gasteiger charge is -2.15. The number of hydrogen-bond donors (Lipinski definition) is 0. The Kier molecular flexibility index (Phi) is 6.85. The molecule has 1 aromatic carbocycles. The van der Waals surface area contributed by atoms with E-state index in [1.807, 2.05) is 0 Å². The van der Waals surface area contributed by atoms with Gasteiger partial charge in [-0.3, -0.25) is 0 Å². The van der Waals surface area contributed by atoms with Gasteiger partial charge < -0.3 is 9.47 Å². The molecule has 2 rings (SSSR count). The molecule has 0 aliphatic carbocycles. The number of alkyl halides is 1. The lowest BCUT2D eigenvalue weighted by Crippen LogP contribution is -2.06. The van der Waals surface area contributed by atoms with E-state index in [1.54, 1.807) is 0 Å². The molecule has 4 heteroatoms. The molecular formula is C16H22Br2O2. The fourth-order valence-corrected chi connectivity index (χ4v) is 3.47. The maximum atomic E-state index is 5.68. The normalized spacial score (nSPS) is 20.1. The largest absolute Gasteiger partial charge is 0.492 e. The third-order valence-electron chi connectivity index (χ3n) is 3.55. The van der Waals surface area contributed by atoms with Crippen LogP contribution in [0.3, 0.4) is 0 Å². The molecule has 0 bridgehead atoms. The zero-order chi connectivity index (χ0) is 14.4. The van der Waals surface area contributed by atoms with Gasteiger partial charge in [-0.1, -0.05) is 28.9 Å². The fraction of sp³-hybridized carbons (Fsp3) is 0.625. The van der Waals surface area contributed by atoms with Crippen LogP contribution >= 0.6 is 31.9 Å². The summed E-state index contributed by atoms with van der Waals surface area (Å²) in [7, 11) is 0. The number of rotatable bonds is 7. The van der Waals surface area contributed by atoms with Gasteiger partial charge in [0.15, 0.2) is 0 Å². The van der Waals surface area contributed by atoms with Gasteiger partial charge in [-0.25, -0.2) is 0 Å². The lowest BCUT2D eigenvalue weighted by molar-refractivity contribution is 0.102. The molecule has 0 radical (unpaired) electrons. The number of halogens is 2. The summed E-state index contributed by atoms with van der Waals surface area (Å²) in [4.78, 5) is 0.378. The van der Waals surface area contributed by atoms with E-state index in [4.69, 9.17) is 9.47 Å². The topological polar surface area (TPSA) is 18.5 Å². The van der Waals surface area contributed by atoms with Gasteiger partial charge in [-0.05, 0) is 65.7 Å². The summed E-state index contributed by atoms with van der Waals surface area (Å²) in [6, 6.07) is 6.35. The van der Waals surface area contributed by atoms with Crippen molar-refractivity contribution in [3.63, 3.8) is 0 Å². The maximum absolute atomic E-state index is 5.68. The van der Waals surface area contributed by atoms with Crippen LogP contribution in [0.5, 0.6) is 5.75 Å². The van der Waals surface area contributed by atoms with Crippen LogP contribution in [-0.2, 0) is 4.74 Å². The summed E-state index contributed by atoms with van der Waals surface area (Å²) in [6.45, 7) is 3.81. The van der Waals surface area contributed by atoms with Crippen molar-refractivity contribution in [2.45, 2.75) is 50.0 Å². The Morgan fingerprint density at radius 2 is 2.30 bits per heavy atom. The average molecular weight is 406 g/mol. The monoisotopic (exact) mass is 404 g/mol. The van der Waals surface area contributed by atoms with Gasteiger partial charge in [0, 0.05) is 11.4 Å². The van der Waals surface area contributed by atoms with Crippen LogP contribution in [0.15, 0.2) is 22.7 Å². The summed E-state index contributed by atoms with van der Waals surface area (Å²) < 4.78 is 12.4. The van der Waals surface area contributed by atoms with E-state index in [1.165, 1.54) is 18.4 Å². The minimum atomic E-state index is 0.378. The summed E-state index contributed by atoms with van der Waals surface area (Å²) >= 11 is 7.38. The van der Waals surface area contributed by atoms with E-state index in [2.05, 4.69) is 57.0 Å². The van der Waals surface area contributed by atoms with Gasteiger partial charge >= 0.3 is 0 Å². The molecule has 2 unspecified atom stereocenters. The Bertz CT molecular complexity index is 417. The van der Waals surface area contributed by atoms with Gasteiger partial charge in [0.05, 0.1) is 17.2 Å². The molecule has 1 aromatic rings. The van der Waals surface area contributed by atoms with Crippen LogP contribution in [0.1, 0.15) is 49.4 Å². The first kappa shape index (κ1) is 16.3. The second-order valence-electron chi connectivity index (χ2n) is 5.22. The highest BCUT2D eigenvalue weighted by Gasteiger charge is 2.18. The SMILES string of the molecule is CCCOc1ccc(C(Br)CCC2CCCO2)cc1Br. The Morgan fingerprint density at radius 3 is 2.95 bits per heavy atom. The third kappa shape index (κ3) is 4.74. The van der Waals surface area contributed by atoms with Crippen molar-refractivity contribution >= 4 is 31.9 Å². The quantitative estimate of drug-likeness (QED) is 0.547. The van der Waals surface area contributed by atoms with E-state index in [-0.39, 0.29) is 0 Å². The Balaban J connectivity index is 1.88. The molecule has 0 amide bonds. The Labute approximate surface area is 138 Å². The van der Waals surface area contributed by atoms with Crippen molar-refractivity contribution in [3.05, 3.63) is 28.2 Å². The molecule has 1 fully saturated rings. The van der Waals surface area contributed by atoms with Crippen LogP contribution in [-0.4, -0.2) is 19.3 Å². The van der Waals surface area contributed by atoms with Crippen LogP contribution in [0.4, 0.5) is 0 Å². The standard InChI is InChI=1S/C16H22Br2O2/c1-2-9-20-16-8-5-12(11-15(16)18)14(17)7-6-13-4-3-10-19-13/h5,8,11,13-14H,2-4,6-7,9-10H2,1H3. The van der Waals surface area contributed by atoms with Gasteiger partial charge in [0.1, 0.15) is 5.75 Å². The highest BCUT2D eigenvalue weighted by molar-refractivity contribution is 9.10. The smallest absolute Gasteiger partial charge is 0.133 e. The molecule has 1 aliphatic rings. The first-order valence-corrected chi connectivity index (χ1v) is 9.09. The molecule has 1 saturated heterocycles. The molecular weight excluding hydrogens is 384 g/mol. The first-order chi connectivity index (χ1) is 9.70. The molecule has 0 aromatic heterocycles. The molecule has 2 nitrogen and oxygen atoms in total. The number of ether oxygens (including phenoxy) is 2. The summed E-state index contributed by atoms with van der Waals surface area (Å²) in [5.41, 5.74) is 1.29.